The Kier molecular flexibility index (Phi) is 5.67. The molecule has 118 valence electrons. The molecular formula is C11H17N3O5S2. The highest BCUT2D eigenvalue weighted by molar-refractivity contribution is 7.92. The molecule has 0 aliphatic carbocycles. The first-order valence-electron chi connectivity index (χ1n) is 6.02. The zero-order chi connectivity index (χ0) is 16.2. The van der Waals surface area contributed by atoms with Crippen LogP contribution in [0.2, 0.25) is 0 Å². The van der Waals surface area contributed by atoms with E-state index in [9.17, 15) is 18.0 Å². The Bertz CT molecular complexity index is 624. The number of aromatic nitrogens is 1. The van der Waals surface area contributed by atoms with Gasteiger partial charge in [-0.2, -0.15) is 0 Å². The summed E-state index contributed by atoms with van der Waals surface area (Å²) in [6.07, 6.45) is 0.931. The van der Waals surface area contributed by atoms with Crippen molar-refractivity contribution in [1.82, 2.24) is 9.88 Å². The molecule has 0 radical (unpaired) electrons. The van der Waals surface area contributed by atoms with Crippen LogP contribution in [-0.4, -0.2) is 54.1 Å². The molecule has 2 N–H and O–H groups in total. The normalized spacial score (nSPS) is 11.4. The molecule has 0 unspecified atom stereocenters. The number of hydrogen-bond donors (Lipinski definition) is 2. The Morgan fingerprint density at radius 1 is 1.48 bits per heavy atom. The van der Waals surface area contributed by atoms with Crippen LogP contribution in [0.25, 0.3) is 0 Å². The molecule has 1 aromatic heterocycles. The smallest absolute Gasteiger partial charge is 0.323 e. The molecule has 10 heteroatoms. The lowest BCUT2D eigenvalue weighted by Crippen LogP contribution is -2.41. The largest absolute Gasteiger partial charge is 0.480 e. The molecule has 0 saturated heterocycles. The molecule has 1 amide bonds. The number of thiazole rings is 1. The average Bonchev–Trinajstić information content (AvgIpc) is 2.69. The van der Waals surface area contributed by atoms with E-state index in [4.69, 9.17) is 5.11 Å². The molecule has 0 aromatic carbocycles. The van der Waals surface area contributed by atoms with Gasteiger partial charge in [0, 0.05) is 11.4 Å². The Morgan fingerprint density at radius 3 is 2.57 bits per heavy atom. The maximum absolute atomic E-state index is 12.1. The SMILES string of the molecule is CC(C)N(CC(=O)O)C(=O)Cc1csc(NS(C)(=O)=O)n1. The standard InChI is InChI=1S/C11H17N3O5S2/c1-7(2)14(5-10(16)17)9(15)4-8-6-20-11(12-8)13-21(3,18)19/h6-7H,4-5H2,1-3H3,(H,12,13)(H,16,17). The predicted molar refractivity (Wildman–Crippen MR) is 78.8 cm³/mol. The van der Waals surface area contributed by atoms with Crippen molar-refractivity contribution in [3.63, 3.8) is 0 Å². The van der Waals surface area contributed by atoms with Crippen LogP contribution in [0.5, 0.6) is 0 Å². The van der Waals surface area contributed by atoms with Crippen molar-refractivity contribution in [3.05, 3.63) is 11.1 Å². The van der Waals surface area contributed by atoms with Gasteiger partial charge in [-0.15, -0.1) is 11.3 Å². The number of rotatable bonds is 7. The topological polar surface area (TPSA) is 117 Å². The van der Waals surface area contributed by atoms with Gasteiger partial charge in [0.25, 0.3) is 0 Å². The van der Waals surface area contributed by atoms with Gasteiger partial charge in [0.05, 0.1) is 18.4 Å². The van der Waals surface area contributed by atoms with E-state index < -0.39 is 16.0 Å². The van der Waals surface area contributed by atoms with Crippen LogP contribution in [0.4, 0.5) is 5.13 Å². The van der Waals surface area contributed by atoms with Crippen LogP contribution in [0, 0.1) is 0 Å². The fourth-order valence-electron chi connectivity index (χ4n) is 1.55. The highest BCUT2D eigenvalue weighted by Crippen LogP contribution is 2.17. The lowest BCUT2D eigenvalue weighted by atomic mass is 10.2. The highest BCUT2D eigenvalue weighted by atomic mass is 32.2. The molecule has 0 bridgehead atoms. The molecule has 0 aliphatic rings. The second-order valence-electron chi connectivity index (χ2n) is 4.70. The lowest BCUT2D eigenvalue weighted by molar-refractivity contribution is -0.145. The summed E-state index contributed by atoms with van der Waals surface area (Å²) in [7, 11) is -3.41. The van der Waals surface area contributed by atoms with E-state index in [0.29, 0.717) is 5.69 Å². The van der Waals surface area contributed by atoms with E-state index in [-0.39, 0.29) is 30.0 Å². The summed E-state index contributed by atoms with van der Waals surface area (Å²) >= 11 is 1.06. The molecule has 0 atom stereocenters. The van der Waals surface area contributed by atoms with Gasteiger partial charge in [-0.1, -0.05) is 0 Å². The van der Waals surface area contributed by atoms with E-state index >= 15 is 0 Å². The average molecular weight is 335 g/mol. The molecule has 0 saturated carbocycles. The van der Waals surface area contributed by atoms with Gasteiger partial charge >= 0.3 is 5.97 Å². The van der Waals surface area contributed by atoms with Crippen LogP contribution in [0.3, 0.4) is 0 Å². The van der Waals surface area contributed by atoms with Gasteiger partial charge in [-0.25, -0.2) is 13.4 Å². The van der Waals surface area contributed by atoms with Gasteiger partial charge in [0.2, 0.25) is 15.9 Å². The van der Waals surface area contributed by atoms with Gasteiger partial charge in [-0.3, -0.25) is 14.3 Å². The number of anilines is 1. The molecule has 0 fully saturated rings. The summed E-state index contributed by atoms with van der Waals surface area (Å²) in [6, 6.07) is -0.249. The molecule has 1 heterocycles. The van der Waals surface area contributed by atoms with Crippen molar-refractivity contribution in [1.29, 1.82) is 0 Å². The number of hydrogen-bond acceptors (Lipinski definition) is 6. The maximum atomic E-state index is 12.1. The first-order chi connectivity index (χ1) is 9.58. The van der Waals surface area contributed by atoms with Crippen LogP contribution in [0.15, 0.2) is 5.38 Å². The van der Waals surface area contributed by atoms with Crippen molar-refractivity contribution in [2.24, 2.45) is 0 Å². The second-order valence-corrected chi connectivity index (χ2v) is 7.31. The summed E-state index contributed by atoms with van der Waals surface area (Å²) in [6.45, 7) is 3.06. The number of carbonyl (C=O) groups is 2. The van der Waals surface area contributed by atoms with Gasteiger partial charge in [0.1, 0.15) is 6.54 Å². The van der Waals surface area contributed by atoms with Gasteiger partial charge < -0.3 is 10.0 Å². The zero-order valence-electron chi connectivity index (χ0n) is 11.9. The molecule has 8 nitrogen and oxygen atoms in total. The molecule has 0 spiro atoms. The number of amides is 1. The van der Waals surface area contributed by atoms with Crippen LogP contribution >= 0.6 is 11.3 Å². The number of nitrogens with zero attached hydrogens (tertiary/aromatic N) is 2. The number of nitrogens with one attached hydrogen (secondary N) is 1. The van der Waals surface area contributed by atoms with Crippen molar-refractivity contribution >= 4 is 38.4 Å². The minimum Gasteiger partial charge on any atom is -0.480 e. The Hall–Kier alpha value is -1.68. The van der Waals surface area contributed by atoms with Crippen LogP contribution in [0.1, 0.15) is 19.5 Å². The van der Waals surface area contributed by atoms with E-state index in [1.165, 1.54) is 4.90 Å². The van der Waals surface area contributed by atoms with E-state index in [2.05, 4.69) is 9.71 Å². The number of carbonyl (C=O) groups excluding carboxylic acids is 1. The number of aliphatic carboxylic acids is 1. The summed E-state index contributed by atoms with van der Waals surface area (Å²) in [5.74, 6) is -1.46. The highest BCUT2D eigenvalue weighted by Gasteiger charge is 2.21. The van der Waals surface area contributed by atoms with Gasteiger partial charge in [0.15, 0.2) is 5.13 Å². The maximum Gasteiger partial charge on any atom is 0.323 e. The van der Waals surface area contributed by atoms with Crippen molar-refractivity contribution in [2.45, 2.75) is 26.3 Å². The monoisotopic (exact) mass is 335 g/mol. The first kappa shape index (κ1) is 17.4. The van der Waals surface area contributed by atoms with E-state index in [1.54, 1.807) is 19.2 Å². The zero-order valence-corrected chi connectivity index (χ0v) is 13.5. The number of sulfonamides is 1. The minimum absolute atomic E-state index is 0.0760. The van der Waals surface area contributed by atoms with Gasteiger partial charge in [-0.05, 0) is 13.8 Å². The first-order valence-corrected chi connectivity index (χ1v) is 8.79. The van der Waals surface area contributed by atoms with Crippen LogP contribution < -0.4 is 4.72 Å². The van der Waals surface area contributed by atoms with E-state index in [1.807, 2.05) is 0 Å². The summed E-state index contributed by atoms with van der Waals surface area (Å²) in [5, 5.41) is 10.5. The summed E-state index contributed by atoms with van der Waals surface area (Å²) < 4.78 is 24.4. The minimum atomic E-state index is -3.41. The van der Waals surface area contributed by atoms with Crippen molar-refractivity contribution in [3.8, 4) is 0 Å². The molecule has 1 aromatic rings. The third-order valence-electron chi connectivity index (χ3n) is 2.41. The lowest BCUT2D eigenvalue weighted by Gasteiger charge is -2.24. The number of carboxylic acids is 1. The molecule has 1 rings (SSSR count). The Balaban J connectivity index is 2.75. The van der Waals surface area contributed by atoms with Crippen molar-refractivity contribution < 1.29 is 23.1 Å². The molecule has 0 aliphatic heterocycles. The Labute approximate surface area is 126 Å². The third kappa shape index (κ3) is 6.08. The van der Waals surface area contributed by atoms with E-state index in [0.717, 1.165) is 17.6 Å². The van der Waals surface area contributed by atoms with Crippen molar-refractivity contribution in [2.75, 3.05) is 17.5 Å². The molecular weight excluding hydrogens is 318 g/mol. The Morgan fingerprint density at radius 2 is 2.10 bits per heavy atom. The predicted octanol–water partition coefficient (Wildman–Crippen LogP) is 0.379. The summed E-state index contributed by atoms with van der Waals surface area (Å²) in [4.78, 5) is 28.0. The molecule has 21 heavy (non-hydrogen) atoms. The quantitative estimate of drug-likeness (QED) is 0.744. The fourth-order valence-corrected chi connectivity index (χ4v) is 3.12. The summed E-state index contributed by atoms with van der Waals surface area (Å²) in [5.41, 5.74) is 0.396. The fraction of sp³-hybridized carbons (Fsp3) is 0.545. The number of carboxylic acid groups (broad SMARTS) is 1. The third-order valence-corrected chi connectivity index (χ3v) is 3.91. The second kappa shape index (κ2) is 6.85. The van der Waals surface area contributed by atoms with Crippen LogP contribution in [-0.2, 0) is 26.0 Å².